The van der Waals surface area contributed by atoms with Crippen LogP contribution < -0.4 is 11.3 Å². The fraction of sp³-hybridized carbons (Fsp3) is 0.200. The van der Waals surface area contributed by atoms with Crippen molar-refractivity contribution in [2.24, 2.45) is 5.84 Å². The highest BCUT2D eigenvalue weighted by atomic mass is 19.1. The molecule has 0 fully saturated rings. The van der Waals surface area contributed by atoms with Crippen molar-refractivity contribution >= 4 is 0 Å². The van der Waals surface area contributed by atoms with Crippen molar-refractivity contribution in [2.75, 3.05) is 0 Å². The minimum Gasteiger partial charge on any atom is -0.271 e. The molecule has 0 bridgehead atoms. The Morgan fingerprint density at radius 3 is 2.37 bits per heavy atom. The lowest BCUT2D eigenvalue weighted by Crippen LogP contribution is -2.30. The van der Waals surface area contributed by atoms with E-state index < -0.39 is 11.6 Å². The minimum absolute atomic E-state index is 0.365. The van der Waals surface area contributed by atoms with Crippen molar-refractivity contribution in [3.63, 3.8) is 0 Å². The van der Waals surface area contributed by atoms with Gasteiger partial charge in [-0.2, -0.15) is 0 Å². The molecule has 0 radical (unpaired) electrons. The van der Waals surface area contributed by atoms with Gasteiger partial charge in [0.1, 0.15) is 11.6 Å². The van der Waals surface area contributed by atoms with Crippen LogP contribution in [0.2, 0.25) is 0 Å². The number of aryl methyl sites for hydroxylation is 1. The number of hydrogen-bond acceptors (Lipinski definition) is 2. The molecule has 2 aromatic rings. The van der Waals surface area contributed by atoms with Crippen molar-refractivity contribution < 1.29 is 8.78 Å². The number of nitrogens with one attached hydrogen (secondary N) is 1. The van der Waals surface area contributed by atoms with E-state index in [1.54, 1.807) is 0 Å². The van der Waals surface area contributed by atoms with E-state index in [-0.39, 0.29) is 6.04 Å². The molecule has 0 spiro atoms. The quantitative estimate of drug-likeness (QED) is 0.656. The summed E-state index contributed by atoms with van der Waals surface area (Å²) in [6.07, 6.45) is 0.541. The molecule has 100 valence electrons. The van der Waals surface area contributed by atoms with Gasteiger partial charge in [-0.1, -0.05) is 35.9 Å². The van der Waals surface area contributed by atoms with Gasteiger partial charge < -0.3 is 0 Å². The second kappa shape index (κ2) is 5.91. The van der Waals surface area contributed by atoms with E-state index in [2.05, 4.69) is 5.43 Å². The van der Waals surface area contributed by atoms with E-state index in [1.807, 2.05) is 31.2 Å². The lowest BCUT2D eigenvalue weighted by atomic mass is 9.98. The van der Waals surface area contributed by atoms with E-state index >= 15 is 0 Å². The van der Waals surface area contributed by atoms with Crippen molar-refractivity contribution in [1.29, 1.82) is 0 Å². The van der Waals surface area contributed by atoms with Crippen molar-refractivity contribution in [3.8, 4) is 0 Å². The summed E-state index contributed by atoms with van der Waals surface area (Å²) >= 11 is 0. The Bertz CT molecular complexity index is 553. The first kappa shape index (κ1) is 13.6. The molecule has 0 aliphatic carbocycles. The van der Waals surface area contributed by atoms with Crippen LogP contribution in [0, 0.1) is 18.6 Å². The normalized spacial score (nSPS) is 12.4. The van der Waals surface area contributed by atoms with Crippen LogP contribution in [0.4, 0.5) is 8.78 Å². The molecule has 0 aromatic heterocycles. The van der Waals surface area contributed by atoms with E-state index in [0.29, 0.717) is 12.0 Å². The molecule has 0 aliphatic rings. The lowest BCUT2D eigenvalue weighted by molar-refractivity contribution is 0.502. The Morgan fingerprint density at radius 1 is 1.11 bits per heavy atom. The SMILES string of the molecule is Cc1ccc(CC(NN)c2ccc(F)cc2F)cc1. The van der Waals surface area contributed by atoms with Gasteiger partial charge in [-0.25, -0.2) is 8.78 Å². The Labute approximate surface area is 111 Å². The molecular weight excluding hydrogens is 246 g/mol. The molecule has 0 saturated carbocycles. The van der Waals surface area contributed by atoms with Crippen LogP contribution in [0.1, 0.15) is 22.7 Å². The second-order valence-corrected chi connectivity index (χ2v) is 4.57. The van der Waals surface area contributed by atoms with Gasteiger partial charge in [0.2, 0.25) is 0 Å². The van der Waals surface area contributed by atoms with Crippen LogP contribution in [0.25, 0.3) is 0 Å². The van der Waals surface area contributed by atoms with E-state index in [4.69, 9.17) is 5.84 Å². The predicted octanol–water partition coefficient (Wildman–Crippen LogP) is 3.02. The summed E-state index contributed by atoms with van der Waals surface area (Å²) in [5.41, 5.74) is 5.14. The molecule has 1 atom stereocenters. The summed E-state index contributed by atoms with van der Waals surface area (Å²) in [7, 11) is 0. The summed E-state index contributed by atoms with van der Waals surface area (Å²) in [6.45, 7) is 2.00. The third-order valence-electron chi connectivity index (χ3n) is 3.10. The molecule has 0 saturated heterocycles. The van der Waals surface area contributed by atoms with Crippen LogP contribution >= 0.6 is 0 Å². The zero-order valence-electron chi connectivity index (χ0n) is 10.7. The van der Waals surface area contributed by atoms with Crippen LogP contribution in [0.5, 0.6) is 0 Å². The molecule has 19 heavy (non-hydrogen) atoms. The van der Waals surface area contributed by atoms with Gasteiger partial charge in [-0.05, 0) is 25.0 Å². The highest BCUT2D eigenvalue weighted by Crippen LogP contribution is 2.21. The summed E-state index contributed by atoms with van der Waals surface area (Å²) < 4.78 is 26.6. The van der Waals surface area contributed by atoms with Gasteiger partial charge >= 0.3 is 0 Å². The minimum atomic E-state index is -0.590. The fourth-order valence-electron chi connectivity index (χ4n) is 2.00. The smallest absolute Gasteiger partial charge is 0.130 e. The number of hydrogen-bond donors (Lipinski definition) is 2. The van der Waals surface area contributed by atoms with Gasteiger partial charge in [0.25, 0.3) is 0 Å². The molecule has 3 N–H and O–H groups in total. The van der Waals surface area contributed by atoms with E-state index in [9.17, 15) is 8.78 Å². The van der Waals surface area contributed by atoms with E-state index in [0.717, 1.165) is 17.2 Å². The molecular formula is C15H16F2N2. The molecule has 4 heteroatoms. The summed E-state index contributed by atoms with van der Waals surface area (Å²) in [4.78, 5) is 0. The molecule has 0 amide bonds. The van der Waals surface area contributed by atoms with Crippen molar-refractivity contribution in [3.05, 3.63) is 70.8 Å². The first-order chi connectivity index (χ1) is 9.10. The number of halogens is 2. The van der Waals surface area contributed by atoms with Gasteiger partial charge in [0.15, 0.2) is 0 Å². The van der Waals surface area contributed by atoms with Gasteiger partial charge in [-0.15, -0.1) is 0 Å². The maximum Gasteiger partial charge on any atom is 0.130 e. The third kappa shape index (κ3) is 3.36. The molecule has 0 aliphatic heterocycles. The maximum absolute atomic E-state index is 13.7. The fourth-order valence-corrected chi connectivity index (χ4v) is 2.00. The van der Waals surface area contributed by atoms with E-state index in [1.165, 1.54) is 12.1 Å². The highest BCUT2D eigenvalue weighted by Gasteiger charge is 2.15. The Balaban J connectivity index is 2.22. The zero-order valence-corrected chi connectivity index (χ0v) is 10.7. The van der Waals surface area contributed by atoms with Crippen molar-refractivity contribution in [1.82, 2.24) is 5.43 Å². The zero-order chi connectivity index (χ0) is 13.8. The maximum atomic E-state index is 13.7. The Morgan fingerprint density at radius 2 is 1.79 bits per heavy atom. The third-order valence-corrected chi connectivity index (χ3v) is 3.10. The predicted molar refractivity (Wildman–Crippen MR) is 71.3 cm³/mol. The Hall–Kier alpha value is -1.78. The van der Waals surface area contributed by atoms with Crippen molar-refractivity contribution in [2.45, 2.75) is 19.4 Å². The number of nitrogens with two attached hydrogens (primary N) is 1. The number of hydrazine groups is 1. The molecule has 2 rings (SSSR count). The van der Waals surface area contributed by atoms with Crippen LogP contribution in [0.15, 0.2) is 42.5 Å². The number of rotatable bonds is 4. The van der Waals surface area contributed by atoms with Gasteiger partial charge in [0, 0.05) is 11.6 Å². The van der Waals surface area contributed by atoms with Crippen LogP contribution in [-0.2, 0) is 6.42 Å². The second-order valence-electron chi connectivity index (χ2n) is 4.57. The molecule has 2 aromatic carbocycles. The standard InChI is InChI=1S/C15H16F2N2/c1-10-2-4-11(5-3-10)8-15(19-18)13-7-6-12(16)9-14(13)17/h2-7,9,15,19H,8,18H2,1H3. The lowest BCUT2D eigenvalue weighted by Gasteiger charge is -2.17. The monoisotopic (exact) mass is 262 g/mol. The summed E-state index contributed by atoms with van der Waals surface area (Å²) in [5, 5.41) is 0. The molecule has 2 nitrogen and oxygen atoms in total. The average Bonchev–Trinajstić information content (AvgIpc) is 2.39. The largest absolute Gasteiger partial charge is 0.271 e. The molecule has 1 unspecified atom stereocenters. The first-order valence-electron chi connectivity index (χ1n) is 6.07. The Kier molecular flexibility index (Phi) is 4.24. The summed E-state index contributed by atoms with van der Waals surface area (Å²) in [6, 6.07) is 11.1. The number of benzene rings is 2. The van der Waals surface area contributed by atoms with Gasteiger partial charge in [0.05, 0.1) is 6.04 Å². The summed E-state index contributed by atoms with van der Waals surface area (Å²) in [5.74, 6) is 4.30. The topological polar surface area (TPSA) is 38.0 Å². The first-order valence-corrected chi connectivity index (χ1v) is 6.07. The van der Waals surface area contributed by atoms with Crippen LogP contribution in [-0.4, -0.2) is 0 Å². The highest BCUT2D eigenvalue weighted by molar-refractivity contribution is 5.27. The molecule has 0 heterocycles. The van der Waals surface area contributed by atoms with Crippen LogP contribution in [0.3, 0.4) is 0 Å². The van der Waals surface area contributed by atoms with Gasteiger partial charge in [-0.3, -0.25) is 11.3 Å². The average molecular weight is 262 g/mol.